The fraction of sp³-hybridized carbons (Fsp3) is 0.333. The number of aryl methyl sites for hydroxylation is 2. The van der Waals surface area contributed by atoms with Gasteiger partial charge in [0.1, 0.15) is 6.61 Å². The van der Waals surface area contributed by atoms with Crippen molar-refractivity contribution in [3.63, 3.8) is 0 Å². The number of benzene rings is 1. The Labute approximate surface area is 94.7 Å². The lowest BCUT2D eigenvalue weighted by molar-refractivity contribution is 0.178. The summed E-state index contributed by atoms with van der Waals surface area (Å²) in [6.45, 7) is 0.484. The van der Waals surface area contributed by atoms with Crippen LogP contribution < -0.4 is 0 Å². The van der Waals surface area contributed by atoms with Crippen molar-refractivity contribution in [2.45, 2.75) is 19.4 Å². The van der Waals surface area contributed by atoms with E-state index in [2.05, 4.69) is 27.3 Å². The molecule has 1 aromatic carbocycles. The highest BCUT2D eigenvalue weighted by Crippen LogP contribution is 2.04. The van der Waals surface area contributed by atoms with Crippen LogP contribution >= 0.6 is 0 Å². The largest absolute Gasteiger partial charge is 0.377 e. The second-order valence-electron chi connectivity index (χ2n) is 3.62. The van der Waals surface area contributed by atoms with Gasteiger partial charge < -0.3 is 4.74 Å². The molecule has 1 N–H and O–H groups in total. The van der Waals surface area contributed by atoms with E-state index >= 15 is 0 Å². The summed E-state index contributed by atoms with van der Waals surface area (Å²) in [5.41, 5.74) is 1.31. The van der Waals surface area contributed by atoms with Crippen LogP contribution in [0.25, 0.3) is 0 Å². The Hall–Kier alpha value is -1.68. The molecule has 0 atom stereocenters. The number of methoxy groups -OCH3 is 1. The Balaban J connectivity index is 1.89. The number of aromatic nitrogens is 3. The molecule has 0 spiro atoms. The molecule has 1 aromatic heterocycles. The van der Waals surface area contributed by atoms with E-state index in [9.17, 15) is 0 Å². The average Bonchev–Trinajstić information content (AvgIpc) is 2.76. The first-order valence-corrected chi connectivity index (χ1v) is 5.31. The van der Waals surface area contributed by atoms with Crippen molar-refractivity contribution in [3.05, 3.63) is 47.5 Å². The molecule has 4 heteroatoms. The number of nitrogens with one attached hydrogen (secondary N) is 1. The molecule has 0 aliphatic rings. The van der Waals surface area contributed by atoms with Crippen LogP contribution in [-0.2, 0) is 24.2 Å². The molecule has 0 unspecified atom stereocenters. The van der Waals surface area contributed by atoms with Gasteiger partial charge in [-0.05, 0) is 12.0 Å². The molecule has 0 radical (unpaired) electrons. The number of aromatic amines is 1. The van der Waals surface area contributed by atoms with Crippen molar-refractivity contribution in [2.75, 3.05) is 7.11 Å². The van der Waals surface area contributed by atoms with Crippen LogP contribution in [0.3, 0.4) is 0 Å². The monoisotopic (exact) mass is 217 g/mol. The summed E-state index contributed by atoms with van der Waals surface area (Å²) < 4.78 is 4.97. The molecule has 84 valence electrons. The number of hydrogen-bond donors (Lipinski definition) is 1. The molecular formula is C12H15N3O. The Morgan fingerprint density at radius 2 is 2.00 bits per heavy atom. The first kappa shape index (κ1) is 10.8. The summed E-state index contributed by atoms with van der Waals surface area (Å²) in [5.74, 6) is 1.63. The second-order valence-corrected chi connectivity index (χ2v) is 3.62. The Morgan fingerprint density at radius 3 is 2.75 bits per heavy atom. The van der Waals surface area contributed by atoms with Gasteiger partial charge in [0.25, 0.3) is 0 Å². The first-order chi connectivity index (χ1) is 7.88. The first-order valence-electron chi connectivity index (χ1n) is 5.31. The molecule has 1 heterocycles. The molecule has 16 heavy (non-hydrogen) atoms. The molecule has 0 bridgehead atoms. The van der Waals surface area contributed by atoms with Crippen LogP contribution in [0, 0.1) is 0 Å². The van der Waals surface area contributed by atoms with Gasteiger partial charge in [-0.25, -0.2) is 4.98 Å². The number of hydrogen-bond acceptors (Lipinski definition) is 3. The van der Waals surface area contributed by atoms with Crippen molar-refractivity contribution >= 4 is 0 Å². The lowest BCUT2D eigenvalue weighted by atomic mass is 10.1. The maximum atomic E-state index is 4.97. The molecule has 0 amide bonds. The summed E-state index contributed by atoms with van der Waals surface area (Å²) in [5, 5.41) is 6.99. The number of H-pyrrole nitrogens is 1. The van der Waals surface area contributed by atoms with Crippen LogP contribution in [0.15, 0.2) is 30.3 Å². The second kappa shape index (κ2) is 5.42. The summed E-state index contributed by atoms with van der Waals surface area (Å²) in [6, 6.07) is 10.3. The molecule has 0 saturated heterocycles. The highest BCUT2D eigenvalue weighted by molar-refractivity contribution is 5.15. The van der Waals surface area contributed by atoms with Crippen molar-refractivity contribution in [3.8, 4) is 0 Å². The zero-order valence-corrected chi connectivity index (χ0v) is 9.31. The van der Waals surface area contributed by atoms with Crippen LogP contribution in [0.5, 0.6) is 0 Å². The predicted molar refractivity (Wildman–Crippen MR) is 60.9 cm³/mol. The molecule has 0 fully saturated rings. The maximum absolute atomic E-state index is 4.97. The van der Waals surface area contributed by atoms with Gasteiger partial charge in [-0.3, -0.25) is 5.10 Å². The molecule has 0 saturated carbocycles. The molecule has 2 aromatic rings. The minimum absolute atomic E-state index is 0.484. The van der Waals surface area contributed by atoms with Crippen LogP contribution in [0.1, 0.15) is 17.2 Å². The number of rotatable bonds is 5. The van der Waals surface area contributed by atoms with Gasteiger partial charge >= 0.3 is 0 Å². The van der Waals surface area contributed by atoms with E-state index in [-0.39, 0.29) is 0 Å². The quantitative estimate of drug-likeness (QED) is 0.829. The molecule has 4 nitrogen and oxygen atoms in total. The van der Waals surface area contributed by atoms with Gasteiger partial charge in [-0.2, -0.15) is 5.10 Å². The third-order valence-electron chi connectivity index (χ3n) is 2.34. The van der Waals surface area contributed by atoms with E-state index in [0.717, 1.165) is 24.5 Å². The fourth-order valence-electron chi connectivity index (χ4n) is 1.55. The predicted octanol–water partition coefficient (Wildman–Crippen LogP) is 1.74. The van der Waals surface area contributed by atoms with E-state index in [4.69, 9.17) is 4.74 Å². The maximum Gasteiger partial charge on any atom is 0.151 e. The molecular weight excluding hydrogens is 202 g/mol. The van der Waals surface area contributed by atoms with Crippen molar-refractivity contribution < 1.29 is 4.74 Å². The number of ether oxygens (including phenoxy) is 1. The molecule has 0 aliphatic heterocycles. The lowest BCUT2D eigenvalue weighted by Crippen LogP contribution is -1.94. The van der Waals surface area contributed by atoms with E-state index in [1.165, 1.54) is 5.56 Å². The normalized spacial score (nSPS) is 10.6. The van der Waals surface area contributed by atoms with Gasteiger partial charge in [0.2, 0.25) is 0 Å². The van der Waals surface area contributed by atoms with E-state index in [1.54, 1.807) is 7.11 Å². The van der Waals surface area contributed by atoms with Gasteiger partial charge in [0.15, 0.2) is 11.6 Å². The number of nitrogens with zero attached hydrogens (tertiary/aromatic N) is 2. The SMILES string of the molecule is COCc1nc(CCc2ccccc2)n[nH]1. The smallest absolute Gasteiger partial charge is 0.151 e. The Bertz CT molecular complexity index is 425. The van der Waals surface area contributed by atoms with Gasteiger partial charge in [0.05, 0.1) is 0 Å². The Kier molecular flexibility index (Phi) is 3.66. The lowest BCUT2D eigenvalue weighted by Gasteiger charge is -1.96. The van der Waals surface area contributed by atoms with Gasteiger partial charge in [-0.1, -0.05) is 30.3 Å². The minimum atomic E-state index is 0.484. The highest BCUT2D eigenvalue weighted by atomic mass is 16.5. The minimum Gasteiger partial charge on any atom is -0.377 e. The third-order valence-corrected chi connectivity index (χ3v) is 2.34. The van der Waals surface area contributed by atoms with Crippen LogP contribution in [0.4, 0.5) is 0 Å². The van der Waals surface area contributed by atoms with Crippen LogP contribution in [-0.4, -0.2) is 22.3 Å². The molecule has 2 rings (SSSR count). The zero-order valence-electron chi connectivity index (χ0n) is 9.31. The Morgan fingerprint density at radius 1 is 1.19 bits per heavy atom. The van der Waals surface area contributed by atoms with Crippen molar-refractivity contribution in [2.24, 2.45) is 0 Å². The van der Waals surface area contributed by atoms with E-state index in [1.807, 2.05) is 18.2 Å². The van der Waals surface area contributed by atoms with Gasteiger partial charge in [-0.15, -0.1) is 0 Å². The van der Waals surface area contributed by atoms with Crippen molar-refractivity contribution in [1.29, 1.82) is 0 Å². The summed E-state index contributed by atoms with van der Waals surface area (Å²) in [6.07, 6.45) is 1.81. The standard InChI is InChI=1S/C12H15N3O/c1-16-9-12-13-11(14-15-12)8-7-10-5-3-2-4-6-10/h2-6H,7-9H2,1H3,(H,13,14,15). The summed E-state index contributed by atoms with van der Waals surface area (Å²) in [4.78, 5) is 4.32. The average molecular weight is 217 g/mol. The highest BCUT2D eigenvalue weighted by Gasteiger charge is 2.02. The van der Waals surface area contributed by atoms with Crippen molar-refractivity contribution in [1.82, 2.24) is 15.2 Å². The summed E-state index contributed by atoms with van der Waals surface area (Å²) >= 11 is 0. The topological polar surface area (TPSA) is 50.8 Å². The van der Waals surface area contributed by atoms with E-state index < -0.39 is 0 Å². The zero-order chi connectivity index (χ0) is 11.2. The fourth-order valence-corrected chi connectivity index (χ4v) is 1.55. The van der Waals surface area contributed by atoms with E-state index in [0.29, 0.717) is 6.61 Å². The van der Waals surface area contributed by atoms with Gasteiger partial charge in [0, 0.05) is 13.5 Å². The van der Waals surface area contributed by atoms with Crippen LogP contribution in [0.2, 0.25) is 0 Å². The molecule has 0 aliphatic carbocycles. The third kappa shape index (κ3) is 2.90. The summed E-state index contributed by atoms with van der Waals surface area (Å²) in [7, 11) is 1.65.